The standard InChI is InChI=1S/C2F7N/c3-1(4,5)2(6,7)10(8)9. The van der Waals surface area contributed by atoms with Crippen LogP contribution < -0.4 is 0 Å². The lowest BCUT2D eigenvalue weighted by Crippen LogP contribution is -2.44. The Morgan fingerprint density at radius 1 is 0.800 bits per heavy atom. The summed E-state index contributed by atoms with van der Waals surface area (Å²) in [4.78, 5) is 0. The smallest absolute Gasteiger partial charge is 0.173 e. The van der Waals surface area contributed by atoms with Crippen LogP contribution in [0.4, 0.5) is 30.9 Å². The molecule has 62 valence electrons. The summed E-state index contributed by atoms with van der Waals surface area (Å²) in [6.07, 6.45) is -6.24. The molecule has 0 N–H and O–H groups in total. The van der Waals surface area contributed by atoms with Gasteiger partial charge in [0.15, 0.2) is 0 Å². The maximum atomic E-state index is 11.1. The lowest BCUT2D eigenvalue weighted by molar-refractivity contribution is -0.428. The normalized spacial score (nSPS) is 14.4. The van der Waals surface area contributed by atoms with Crippen LogP contribution in [0, 0.1) is 0 Å². The zero-order chi connectivity index (χ0) is 8.58. The van der Waals surface area contributed by atoms with E-state index in [-0.39, 0.29) is 0 Å². The van der Waals surface area contributed by atoms with Crippen molar-refractivity contribution in [3.05, 3.63) is 0 Å². The maximum absolute atomic E-state index is 11.1. The van der Waals surface area contributed by atoms with Gasteiger partial charge in [0, 0.05) is 0 Å². The summed E-state index contributed by atoms with van der Waals surface area (Å²) >= 11 is 0. The summed E-state index contributed by atoms with van der Waals surface area (Å²) in [6, 6.07) is -6.06. The average Bonchev–Trinajstić information content (AvgIpc) is 1.62. The molecule has 0 radical (unpaired) electrons. The molecule has 0 aromatic carbocycles. The summed E-state index contributed by atoms with van der Waals surface area (Å²) in [7, 11) is 0. The van der Waals surface area contributed by atoms with E-state index < -0.39 is 17.6 Å². The molecule has 0 unspecified atom stereocenters. The van der Waals surface area contributed by atoms with Crippen LogP contribution in [-0.4, -0.2) is 17.6 Å². The molecule has 0 spiro atoms. The first-order valence-corrected chi connectivity index (χ1v) is 1.76. The molecule has 0 heterocycles. The van der Waals surface area contributed by atoms with Gasteiger partial charge in [-0.1, -0.05) is 8.96 Å². The van der Waals surface area contributed by atoms with Crippen molar-refractivity contribution >= 4 is 0 Å². The van der Waals surface area contributed by atoms with Gasteiger partial charge in [-0.05, 0) is 0 Å². The average molecular weight is 171 g/mol. The molecule has 0 aromatic heterocycles. The molecule has 0 aliphatic heterocycles. The third-order valence-electron chi connectivity index (χ3n) is 0.553. The van der Waals surface area contributed by atoms with Gasteiger partial charge >= 0.3 is 12.2 Å². The minimum Gasteiger partial charge on any atom is -0.173 e. The van der Waals surface area contributed by atoms with Gasteiger partial charge in [-0.25, -0.2) is 0 Å². The number of halogens is 7. The first-order chi connectivity index (χ1) is 4.19. The summed E-state index contributed by atoms with van der Waals surface area (Å²) in [5.41, 5.74) is 0. The van der Waals surface area contributed by atoms with E-state index in [0.717, 1.165) is 0 Å². The van der Waals surface area contributed by atoms with Gasteiger partial charge in [-0.15, -0.1) is 0 Å². The van der Waals surface area contributed by atoms with Crippen molar-refractivity contribution in [3.8, 4) is 0 Å². The number of alkyl halides is 5. The van der Waals surface area contributed by atoms with Crippen LogP contribution in [0.1, 0.15) is 0 Å². The first-order valence-electron chi connectivity index (χ1n) is 1.76. The summed E-state index contributed by atoms with van der Waals surface area (Å²) in [6.45, 7) is 0. The Hall–Kier alpha value is -0.530. The number of nitrogens with zero attached hydrogens (tertiary/aromatic N) is 1. The Labute approximate surface area is 49.9 Å². The van der Waals surface area contributed by atoms with Crippen LogP contribution in [0.25, 0.3) is 0 Å². The number of hydrogen-bond donors (Lipinski definition) is 0. The second-order valence-corrected chi connectivity index (χ2v) is 1.27. The van der Waals surface area contributed by atoms with Gasteiger partial charge in [0.25, 0.3) is 0 Å². The SMILES string of the molecule is FN(F)C(F)(F)C(F)(F)F. The summed E-state index contributed by atoms with van der Waals surface area (Å²) < 4.78 is 76.0. The van der Waals surface area contributed by atoms with E-state index >= 15 is 0 Å². The van der Waals surface area contributed by atoms with E-state index in [9.17, 15) is 30.9 Å². The zero-order valence-electron chi connectivity index (χ0n) is 4.09. The molecule has 0 bridgehead atoms. The molecule has 8 heteroatoms. The Morgan fingerprint density at radius 3 is 1.10 bits per heavy atom. The highest BCUT2D eigenvalue weighted by atomic mass is 19.4. The van der Waals surface area contributed by atoms with Crippen molar-refractivity contribution in [1.82, 2.24) is 5.34 Å². The van der Waals surface area contributed by atoms with E-state index in [4.69, 9.17) is 0 Å². The number of rotatable bonds is 1. The second-order valence-electron chi connectivity index (χ2n) is 1.27. The van der Waals surface area contributed by atoms with E-state index in [2.05, 4.69) is 0 Å². The molecule has 0 aromatic rings. The van der Waals surface area contributed by atoms with Crippen LogP contribution in [0.2, 0.25) is 0 Å². The van der Waals surface area contributed by atoms with Crippen molar-refractivity contribution in [1.29, 1.82) is 0 Å². The highest BCUT2D eigenvalue weighted by Crippen LogP contribution is 2.38. The summed E-state index contributed by atoms with van der Waals surface area (Å²) in [5.74, 6) is 0. The van der Waals surface area contributed by atoms with Crippen LogP contribution in [0.15, 0.2) is 0 Å². The predicted octanol–water partition coefficient (Wildman–Crippen LogP) is 2.21. The van der Waals surface area contributed by atoms with Crippen molar-refractivity contribution in [2.24, 2.45) is 0 Å². The van der Waals surface area contributed by atoms with Crippen molar-refractivity contribution in [3.63, 3.8) is 0 Å². The molecule has 0 saturated carbocycles. The maximum Gasteiger partial charge on any atom is 0.474 e. The Bertz CT molecular complexity index is 113. The largest absolute Gasteiger partial charge is 0.474 e. The van der Waals surface area contributed by atoms with Gasteiger partial charge in [0.05, 0.1) is 0 Å². The van der Waals surface area contributed by atoms with Crippen LogP contribution >= 0.6 is 0 Å². The molecule has 0 aliphatic rings. The van der Waals surface area contributed by atoms with Crippen LogP contribution in [-0.2, 0) is 0 Å². The molecule has 0 amide bonds. The van der Waals surface area contributed by atoms with Crippen molar-refractivity contribution < 1.29 is 30.9 Å². The highest BCUT2D eigenvalue weighted by Gasteiger charge is 2.64. The minimum absolute atomic E-state index is 3.19. The fourth-order valence-electron chi connectivity index (χ4n) is 0.0958. The van der Waals surface area contributed by atoms with E-state index in [1.54, 1.807) is 0 Å². The first kappa shape index (κ1) is 9.47. The quantitative estimate of drug-likeness (QED) is 0.332. The molecule has 0 rings (SSSR count). The van der Waals surface area contributed by atoms with Gasteiger partial charge < -0.3 is 0 Å². The van der Waals surface area contributed by atoms with E-state index in [1.165, 1.54) is 0 Å². The molecule has 0 atom stereocenters. The fourth-order valence-corrected chi connectivity index (χ4v) is 0.0958. The van der Waals surface area contributed by atoms with Crippen molar-refractivity contribution in [2.75, 3.05) is 0 Å². The fraction of sp³-hybridized carbons (Fsp3) is 1.00. The predicted molar refractivity (Wildman–Crippen MR) is 15.1 cm³/mol. The van der Waals surface area contributed by atoms with Crippen LogP contribution in [0.3, 0.4) is 0 Å². The zero-order valence-corrected chi connectivity index (χ0v) is 4.09. The Balaban J connectivity index is 4.40. The molecule has 10 heavy (non-hydrogen) atoms. The van der Waals surface area contributed by atoms with Gasteiger partial charge in [0.2, 0.25) is 0 Å². The molecule has 0 aliphatic carbocycles. The topological polar surface area (TPSA) is 3.24 Å². The van der Waals surface area contributed by atoms with Gasteiger partial charge in [0.1, 0.15) is 5.34 Å². The molecular formula is C2F7N. The lowest BCUT2D eigenvalue weighted by Gasteiger charge is -2.17. The van der Waals surface area contributed by atoms with E-state index in [1.807, 2.05) is 0 Å². The third kappa shape index (κ3) is 1.49. The number of hydrogen-bond acceptors (Lipinski definition) is 1. The van der Waals surface area contributed by atoms with Gasteiger partial charge in [-0.2, -0.15) is 22.0 Å². The molecule has 1 nitrogen and oxygen atoms in total. The third-order valence-corrected chi connectivity index (χ3v) is 0.553. The minimum atomic E-state index is -6.24. The lowest BCUT2D eigenvalue weighted by atomic mass is 10.6. The molecular weight excluding hydrogens is 171 g/mol. The molecule has 0 fully saturated rings. The monoisotopic (exact) mass is 171 g/mol. The van der Waals surface area contributed by atoms with Crippen LogP contribution in [0.5, 0.6) is 0 Å². The van der Waals surface area contributed by atoms with Gasteiger partial charge in [-0.3, -0.25) is 0 Å². The van der Waals surface area contributed by atoms with Crippen molar-refractivity contribution in [2.45, 2.75) is 12.2 Å². The Kier molecular flexibility index (Phi) is 2.14. The second kappa shape index (κ2) is 2.26. The molecule has 0 saturated heterocycles. The highest BCUT2D eigenvalue weighted by molar-refractivity contribution is 4.66. The summed E-state index contributed by atoms with van der Waals surface area (Å²) in [5, 5.41) is -3.19. The van der Waals surface area contributed by atoms with E-state index in [0.29, 0.717) is 0 Å². The Morgan fingerprint density at radius 2 is 1.10 bits per heavy atom.